The van der Waals surface area contributed by atoms with Crippen LogP contribution in [0, 0.1) is 11.8 Å². The molecule has 0 N–H and O–H groups in total. The molecule has 0 aromatic carbocycles. The Morgan fingerprint density at radius 1 is 1.47 bits per heavy atom. The highest BCUT2D eigenvalue weighted by atomic mass is 16.5. The molecule has 0 radical (unpaired) electrons. The lowest BCUT2D eigenvalue weighted by molar-refractivity contribution is 0.0904. The van der Waals surface area contributed by atoms with Gasteiger partial charge < -0.3 is 9.47 Å². The number of pyridine rings is 1. The minimum absolute atomic E-state index is 0.429. The lowest BCUT2D eigenvalue weighted by Crippen LogP contribution is -2.24. The molecular weight excluding hydrogens is 240 g/mol. The van der Waals surface area contributed by atoms with E-state index in [0.717, 1.165) is 39.3 Å². The third-order valence-corrected chi connectivity index (χ3v) is 4.34. The first-order valence-electron chi connectivity index (χ1n) is 7.08. The molecule has 19 heavy (non-hydrogen) atoms. The molecular formula is C15H22N2O2. The molecule has 104 valence electrons. The maximum Gasteiger partial charge on any atom is 0.0746 e. The van der Waals surface area contributed by atoms with Crippen LogP contribution in [0.5, 0.6) is 0 Å². The molecule has 1 aromatic rings. The van der Waals surface area contributed by atoms with E-state index in [-0.39, 0.29) is 0 Å². The van der Waals surface area contributed by atoms with Crippen LogP contribution in [0.4, 0.5) is 0 Å². The van der Waals surface area contributed by atoms with Crippen LogP contribution in [0.15, 0.2) is 24.5 Å². The van der Waals surface area contributed by atoms with Crippen LogP contribution in [0.1, 0.15) is 12.0 Å². The van der Waals surface area contributed by atoms with Gasteiger partial charge in [0.1, 0.15) is 0 Å². The van der Waals surface area contributed by atoms with Gasteiger partial charge in [0.05, 0.1) is 12.7 Å². The maximum absolute atomic E-state index is 5.94. The lowest BCUT2D eigenvalue weighted by Gasteiger charge is -2.19. The first-order valence-corrected chi connectivity index (χ1v) is 7.08. The summed E-state index contributed by atoms with van der Waals surface area (Å²) < 4.78 is 11.1. The number of methoxy groups -OCH3 is 1. The number of fused-ring (bicyclic) bond motifs is 1. The maximum atomic E-state index is 5.94. The fourth-order valence-electron chi connectivity index (χ4n) is 3.33. The molecule has 1 aromatic heterocycles. The van der Waals surface area contributed by atoms with E-state index in [1.165, 1.54) is 5.56 Å². The molecule has 3 rings (SSSR count). The van der Waals surface area contributed by atoms with Crippen LogP contribution < -0.4 is 0 Å². The average molecular weight is 262 g/mol. The first-order chi connectivity index (χ1) is 9.36. The summed E-state index contributed by atoms with van der Waals surface area (Å²) in [5, 5.41) is 0. The third kappa shape index (κ3) is 2.96. The molecule has 0 unspecified atom stereocenters. The van der Waals surface area contributed by atoms with Crippen LogP contribution in [0.3, 0.4) is 0 Å². The number of rotatable bonds is 5. The molecule has 2 aliphatic rings. The van der Waals surface area contributed by atoms with Gasteiger partial charge in [-0.15, -0.1) is 0 Å². The van der Waals surface area contributed by atoms with E-state index >= 15 is 0 Å². The topological polar surface area (TPSA) is 34.6 Å². The van der Waals surface area contributed by atoms with E-state index in [9.17, 15) is 0 Å². The minimum atomic E-state index is 0.429. The second kappa shape index (κ2) is 5.99. The number of hydrogen-bond donors (Lipinski definition) is 0. The Bertz CT molecular complexity index is 398. The van der Waals surface area contributed by atoms with Crippen molar-refractivity contribution in [3.05, 3.63) is 30.1 Å². The molecule has 0 amide bonds. The van der Waals surface area contributed by atoms with Crippen molar-refractivity contribution in [1.29, 1.82) is 0 Å². The van der Waals surface area contributed by atoms with Crippen LogP contribution in [-0.4, -0.2) is 49.4 Å². The molecule has 3 heterocycles. The summed E-state index contributed by atoms with van der Waals surface area (Å²) in [7, 11) is 1.77. The van der Waals surface area contributed by atoms with Gasteiger partial charge >= 0.3 is 0 Å². The number of likely N-dealkylation sites (tertiary alicyclic amines) is 1. The fraction of sp³-hybridized carbons (Fsp3) is 0.667. The third-order valence-electron chi connectivity index (χ3n) is 4.34. The number of ether oxygens (including phenoxy) is 2. The van der Waals surface area contributed by atoms with Gasteiger partial charge in [-0.05, 0) is 24.0 Å². The minimum Gasteiger partial charge on any atom is -0.385 e. The van der Waals surface area contributed by atoms with Crippen molar-refractivity contribution in [2.24, 2.45) is 11.8 Å². The second-order valence-corrected chi connectivity index (χ2v) is 5.63. The zero-order valence-electron chi connectivity index (χ0n) is 11.5. The summed E-state index contributed by atoms with van der Waals surface area (Å²) in [5.74, 6) is 1.36. The molecule has 0 aliphatic carbocycles. The normalized spacial score (nSPS) is 30.7. The zero-order valence-corrected chi connectivity index (χ0v) is 11.5. The van der Waals surface area contributed by atoms with Gasteiger partial charge in [0.2, 0.25) is 0 Å². The molecule has 2 aliphatic heterocycles. The monoisotopic (exact) mass is 262 g/mol. The van der Waals surface area contributed by atoms with Crippen molar-refractivity contribution in [2.45, 2.75) is 19.1 Å². The molecule has 0 bridgehead atoms. The summed E-state index contributed by atoms with van der Waals surface area (Å²) in [4.78, 5) is 6.67. The summed E-state index contributed by atoms with van der Waals surface area (Å²) in [6.07, 6.45) is 5.33. The van der Waals surface area contributed by atoms with Gasteiger partial charge in [-0.25, -0.2) is 0 Å². The highest BCUT2D eigenvalue weighted by Crippen LogP contribution is 2.35. The lowest BCUT2D eigenvalue weighted by atomic mass is 9.91. The largest absolute Gasteiger partial charge is 0.385 e. The van der Waals surface area contributed by atoms with E-state index in [4.69, 9.17) is 9.47 Å². The zero-order chi connectivity index (χ0) is 13.1. The molecule has 2 saturated heterocycles. The summed E-state index contributed by atoms with van der Waals surface area (Å²) in [6.45, 7) is 4.96. The Kier molecular flexibility index (Phi) is 4.11. The van der Waals surface area contributed by atoms with Gasteiger partial charge in [0.15, 0.2) is 0 Å². The van der Waals surface area contributed by atoms with Crippen LogP contribution in [-0.2, 0) is 16.0 Å². The smallest absolute Gasteiger partial charge is 0.0746 e. The van der Waals surface area contributed by atoms with Gasteiger partial charge in [0, 0.05) is 51.7 Å². The van der Waals surface area contributed by atoms with E-state index in [1.54, 1.807) is 7.11 Å². The van der Waals surface area contributed by atoms with Gasteiger partial charge in [-0.3, -0.25) is 9.88 Å². The number of hydrogen-bond acceptors (Lipinski definition) is 4. The van der Waals surface area contributed by atoms with Crippen molar-refractivity contribution in [3.63, 3.8) is 0 Å². The highest BCUT2D eigenvalue weighted by Gasteiger charge is 2.43. The van der Waals surface area contributed by atoms with Crippen molar-refractivity contribution < 1.29 is 9.47 Å². The SMILES string of the molecule is COCC[C@@H]1CO[C@@H]2CN(Cc3cccnc3)C[C@H]12. The van der Waals surface area contributed by atoms with Crippen LogP contribution in [0.25, 0.3) is 0 Å². The quantitative estimate of drug-likeness (QED) is 0.806. The van der Waals surface area contributed by atoms with Gasteiger partial charge in [-0.1, -0.05) is 6.07 Å². The second-order valence-electron chi connectivity index (χ2n) is 5.63. The van der Waals surface area contributed by atoms with E-state index in [0.29, 0.717) is 17.9 Å². The first kappa shape index (κ1) is 13.0. The fourth-order valence-corrected chi connectivity index (χ4v) is 3.33. The van der Waals surface area contributed by atoms with E-state index in [2.05, 4.69) is 16.0 Å². The summed E-state index contributed by atoms with van der Waals surface area (Å²) in [5.41, 5.74) is 1.29. The average Bonchev–Trinajstić information content (AvgIpc) is 2.98. The predicted molar refractivity (Wildman–Crippen MR) is 72.7 cm³/mol. The summed E-state index contributed by atoms with van der Waals surface area (Å²) >= 11 is 0. The Hall–Kier alpha value is -0.970. The van der Waals surface area contributed by atoms with Gasteiger partial charge in [0.25, 0.3) is 0 Å². The standard InChI is InChI=1S/C15H22N2O2/c1-18-6-4-13-11-19-15-10-17(9-14(13)15)8-12-3-2-5-16-7-12/h2-3,5,7,13-15H,4,6,8-11H2,1H3/t13-,14-,15-/m1/s1. The van der Waals surface area contributed by atoms with Crippen molar-refractivity contribution in [2.75, 3.05) is 33.4 Å². The van der Waals surface area contributed by atoms with E-state index in [1.807, 2.05) is 18.5 Å². The van der Waals surface area contributed by atoms with Gasteiger partial charge in [-0.2, -0.15) is 0 Å². The summed E-state index contributed by atoms with van der Waals surface area (Å²) in [6, 6.07) is 4.15. The Labute approximate surface area is 114 Å². The molecule has 2 fully saturated rings. The van der Waals surface area contributed by atoms with Crippen molar-refractivity contribution in [1.82, 2.24) is 9.88 Å². The predicted octanol–water partition coefficient (Wildman–Crippen LogP) is 1.56. The van der Waals surface area contributed by atoms with Crippen molar-refractivity contribution in [3.8, 4) is 0 Å². The molecule has 3 atom stereocenters. The molecule has 4 heteroatoms. The molecule has 0 spiro atoms. The Morgan fingerprint density at radius 3 is 3.21 bits per heavy atom. The Morgan fingerprint density at radius 2 is 2.42 bits per heavy atom. The number of nitrogens with zero attached hydrogens (tertiary/aromatic N) is 2. The van der Waals surface area contributed by atoms with Crippen LogP contribution >= 0.6 is 0 Å². The molecule has 0 saturated carbocycles. The highest BCUT2D eigenvalue weighted by molar-refractivity contribution is 5.09. The van der Waals surface area contributed by atoms with E-state index < -0.39 is 0 Å². The Balaban J connectivity index is 1.55. The van der Waals surface area contributed by atoms with Crippen LogP contribution in [0.2, 0.25) is 0 Å². The number of aromatic nitrogens is 1. The van der Waals surface area contributed by atoms with Crippen molar-refractivity contribution >= 4 is 0 Å². The molecule has 4 nitrogen and oxygen atoms in total.